The molecular weight excluding hydrogens is 500 g/mol. The van der Waals surface area contributed by atoms with Gasteiger partial charge in [-0.3, -0.25) is 9.59 Å². The molecule has 196 valence electrons. The molecule has 4 aromatic rings. The zero-order chi connectivity index (χ0) is 26.9. The van der Waals surface area contributed by atoms with Gasteiger partial charge in [-0.2, -0.15) is 9.40 Å². The minimum atomic E-state index is -3.62. The second-order valence-corrected chi connectivity index (χ2v) is 12.0. The number of rotatable bonds is 6. The number of fused-ring (bicyclic) bond motifs is 1. The van der Waals surface area contributed by atoms with Crippen LogP contribution in [0, 0.1) is 11.8 Å². The number of anilines is 1. The lowest BCUT2D eigenvalue weighted by molar-refractivity contribution is 0.102. The predicted octanol–water partition coefficient (Wildman–Crippen LogP) is 4.36. The molecule has 0 bridgehead atoms. The van der Waals surface area contributed by atoms with Crippen molar-refractivity contribution in [2.75, 3.05) is 18.4 Å². The van der Waals surface area contributed by atoms with E-state index in [-0.39, 0.29) is 22.7 Å². The highest BCUT2D eigenvalue weighted by Gasteiger charge is 2.31. The van der Waals surface area contributed by atoms with Crippen LogP contribution in [0.2, 0.25) is 0 Å². The highest BCUT2D eigenvalue weighted by molar-refractivity contribution is 7.89. The lowest BCUT2D eigenvalue weighted by Gasteiger charge is -2.34. The van der Waals surface area contributed by atoms with Gasteiger partial charge in [-0.25, -0.2) is 13.1 Å². The van der Waals surface area contributed by atoms with Crippen molar-refractivity contribution in [3.8, 4) is 0 Å². The van der Waals surface area contributed by atoms with Crippen molar-refractivity contribution in [2.45, 2.75) is 31.7 Å². The molecule has 9 heteroatoms. The van der Waals surface area contributed by atoms with Crippen molar-refractivity contribution in [2.24, 2.45) is 11.8 Å². The Morgan fingerprint density at radius 1 is 0.895 bits per heavy atom. The molecule has 1 aliphatic rings. The summed E-state index contributed by atoms with van der Waals surface area (Å²) in [6.07, 6.45) is 1.01. The van der Waals surface area contributed by atoms with Crippen LogP contribution in [0.3, 0.4) is 0 Å². The van der Waals surface area contributed by atoms with Gasteiger partial charge in [0.2, 0.25) is 10.0 Å². The number of carbonyl (C=O) groups excluding carboxylic acids is 1. The van der Waals surface area contributed by atoms with E-state index >= 15 is 0 Å². The molecule has 2 heterocycles. The lowest BCUT2D eigenvalue weighted by Crippen LogP contribution is -2.42. The van der Waals surface area contributed by atoms with Gasteiger partial charge >= 0.3 is 0 Å². The summed E-state index contributed by atoms with van der Waals surface area (Å²) in [5.74, 6) is 0.122. The van der Waals surface area contributed by atoms with Crippen molar-refractivity contribution in [3.05, 3.63) is 100 Å². The number of hydrogen-bond donors (Lipinski definition) is 1. The second kappa shape index (κ2) is 10.5. The number of nitrogens with one attached hydrogen (secondary N) is 1. The monoisotopic (exact) mass is 530 g/mol. The molecule has 1 saturated heterocycles. The van der Waals surface area contributed by atoms with Crippen LogP contribution in [0.15, 0.2) is 88.6 Å². The highest BCUT2D eigenvalue weighted by atomic mass is 32.2. The third kappa shape index (κ3) is 5.25. The third-order valence-electron chi connectivity index (χ3n) is 6.84. The van der Waals surface area contributed by atoms with Crippen LogP contribution in [-0.4, -0.2) is 41.5 Å². The fourth-order valence-corrected chi connectivity index (χ4v) is 6.80. The summed E-state index contributed by atoms with van der Waals surface area (Å²) < 4.78 is 29.2. The Morgan fingerprint density at radius 3 is 2.16 bits per heavy atom. The summed E-state index contributed by atoms with van der Waals surface area (Å²) in [6, 6.07) is 22.5. The van der Waals surface area contributed by atoms with Crippen molar-refractivity contribution in [1.29, 1.82) is 0 Å². The van der Waals surface area contributed by atoms with E-state index in [0.717, 1.165) is 12.0 Å². The minimum Gasteiger partial charge on any atom is -0.321 e. The van der Waals surface area contributed by atoms with Crippen molar-refractivity contribution < 1.29 is 13.2 Å². The molecule has 1 aliphatic heterocycles. The standard InChI is InChI=1S/C29H30N4O4S/c1-20-16-21(2)18-32(17-20)38(36,37)24-14-12-23(13-15-24)30-28(34)27-25-10-6-7-11-26(25)29(35)33(31-27)19-22-8-4-3-5-9-22/h3-15,20-21H,16-19H2,1-2H3,(H,30,34)/t20-,21+. The van der Waals surface area contributed by atoms with Gasteiger partial charge in [-0.15, -0.1) is 0 Å². The van der Waals surface area contributed by atoms with E-state index in [2.05, 4.69) is 24.3 Å². The van der Waals surface area contributed by atoms with Crippen LogP contribution in [0.1, 0.15) is 36.3 Å². The number of nitrogens with zero attached hydrogens (tertiary/aromatic N) is 3. The van der Waals surface area contributed by atoms with Crippen LogP contribution in [0.25, 0.3) is 10.8 Å². The number of carbonyl (C=O) groups is 1. The van der Waals surface area contributed by atoms with E-state index in [1.54, 1.807) is 40.7 Å². The summed E-state index contributed by atoms with van der Waals surface area (Å²) in [5.41, 5.74) is 1.15. The van der Waals surface area contributed by atoms with Crippen LogP contribution in [-0.2, 0) is 16.6 Å². The highest BCUT2D eigenvalue weighted by Crippen LogP contribution is 2.27. The topological polar surface area (TPSA) is 101 Å². The van der Waals surface area contributed by atoms with Crippen molar-refractivity contribution >= 4 is 32.4 Å². The maximum Gasteiger partial charge on any atom is 0.276 e. The molecule has 0 saturated carbocycles. The summed E-state index contributed by atoms with van der Waals surface area (Å²) in [5, 5.41) is 8.07. The molecule has 5 rings (SSSR count). The normalized spacial score (nSPS) is 18.4. The van der Waals surface area contributed by atoms with E-state index in [1.807, 2.05) is 30.3 Å². The number of benzene rings is 3. The van der Waals surface area contributed by atoms with Gasteiger partial charge in [-0.05, 0) is 54.2 Å². The van der Waals surface area contributed by atoms with Gasteiger partial charge in [-0.1, -0.05) is 62.4 Å². The van der Waals surface area contributed by atoms with Crippen LogP contribution in [0.4, 0.5) is 5.69 Å². The quantitative estimate of drug-likeness (QED) is 0.399. The third-order valence-corrected chi connectivity index (χ3v) is 8.69. The second-order valence-electron chi connectivity index (χ2n) is 10.1. The summed E-state index contributed by atoms with van der Waals surface area (Å²) in [7, 11) is -3.62. The average molecular weight is 531 g/mol. The average Bonchev–Trinajstić information content (AvgIpc) is 2.90. The van der Waals surface area contributed by atoms with Gasteiger partial charge in [0.1, 0.15) is 0 Å². The first-order valence-electron chi connectivity index (χ1n) is 12.7. The first-order valence-corrected chi connectivity index (χ1v) is 14.1. The maximum atomic E-state index is 13.3. The number of piperidine rings is 1. The van der Waals surface area contributed by atoms with Gasteiger partial charge < -0.3 is 5.32 Å². The molecule has 38 heavy (non-hydrogen) atoms. The molecule has 3 aromatic carbocycles. The van der Waals surface area contributed by atoms with Gasteiger partial charge in [0, 0.05) is 24.2 Å². The smallest absolute Gasteiger partial charge is 0.276 e. The summed E-state index contributed by atoms with van der Waals surface area (Å²) >= 11 is 0. The molecule has 1 N–H and O–H groups in total. The first kappa shape index (κ1) is 25.8. The van der Waals surface area contributed by atoms with E-state index in [0.29, 0.717) is 41.4 Å². The molecule has 0 unspecified atom stereocenters. The zero-order valence-electron chi connectivity index (χ0n) is 21.4. The van der Waals surface area contributed by atoms with E-state index < -0.39 is 15.9 Å². The van der Waals surface area contributed by atoms with Gasteiger partial charge in [0.05, 0.1) is 16.8 Å². The Morgan fingerprint density at radius 2 is 1.50 bits per heavy atom. The maximum absolute atomic E-state index is 13.3. The Bertz CT molecular complexity index is 1620. The fraction of sp³-hybridized carbons (Fsp3) is 0.276. The zero-order valence-corrected chi connectivity index (χ0v) is 22.2. The molecule has 1 amide bonds. The molecular formula is C29H30N4O4S. The van der Waals surface area contributed by atoms with E-state index in [4.69, 9.17) is 0 Å². The first-order chi connectivity index (χ1) is 18.2. The Hall–Kier alpha value is -3.82. The van der Waals surface area contributed by atoms with Crippen LogP contribution < -0.4 is 10.9 Å². The summed E-state index contributed by atoms with van der Waals surface area (Å²) in [4.78, 5) is 26.6. The van der Waals surface area contributed by atoms with E-state index in [1.165, 1.54) is 16.8 Å². The Kier molecular flexibility index (Phi) is 7.14. The van der Waals surface area contributed by atoms with Crippen LogP contribution >= 0.6 is 0 Å². The molecule has 1 aromatic heterocycles. The van der Waals surface area contributed by atoms with Crippen LogP contribution in [0.5, 0.6) is 0 Å². The number of hydrogen-bond acceptors (Lipinski definition) is 5. The molecule has 8 nitrogen and oxygen atoms in total. The lowest BCUT2D eigenvalue weighted by atomic mass is 9.94. The molecule has 1 fully saturated rings. The molecule has 0 radical (unpaired) electrons. The summed E-state index contributed by atoms with van der Waals surface area (Å²) in [6.45, 7) is 5.37. The Balaban J connectivity index is 1.41. The number of aromatic nitrogens is 2. The van der Waals surface area contributed by atoms with Gasteiger partial charge in [0.15, 0.2) is 5.69 Å². The largest absolute Gasteiger partial charge is 0.321 e. The molecule has 0 aliphatic carbocycles. The number of amides is 1. The number of sulfonamides is 1. The predicted molar refractivity (Wildman–Crippen MR) is 148 cm³/mol. The van der Waals surface area contributed by atoms with E-state index in [9.17, 15) is 18.0 Å². The van der Waals surface area contributed by atoms with Crippen molar-refractivity contribution in [1.82, 2.24) is 14.1 Å². The molecule has 2 atom stereocenters. The fourth-order valence-electron chi connectivity index (χ4n) is 5.12. The van der Waals surface area contributed by atoms with Crippen molar-refractivity contribution in [3.63, 3.8) is 0 Å². The molecule has 0 spiro atoms. The SMILES string of the molecule is C[C@@H]1C[C@H](C)CN(S(=O)(=O)c2ccc(NC(=O)c3nn(Cc4ccccc4)c(=O)c4ccccc34)cc2)C1. The Labute approximate surface area is 222 Å². The minimum absolute atomic E-state index is 0.115. The van der Waals surface area contributed by atoms with Gasteiger partial charge in [0.25, 0.3) is 11.5 Å².